The molecule has 5 heteroatoms. The second-order valence-corrected chi connectivity index (χ2v) is 4.57. The molecular formula is C11H21ClN2O2. The molecule has 4 nitrogen and oxygen atoms in total. The molecule has 0 spiro atoms. The van der Waals surface area contributed by atoms with Crippen molar-refractivity contribution in [2.24, 2.45) is 11.7 Å². The summed E-state index contributed by atoms with van der Waals surface area (Å²) in [6.45, 7) is 2.57. The van der Waals surface area contributed by atoms with Gasteiger partial charge in [0, 0.05) is 26.1 Å². The third-order valence-electron chi connectivity index (χ3n) is 3.44. The van der Waals surface area contributed by atoms with E-state index in [0.717, 1.165) is 13.0 Å². The van der Waals surface area contributed by atoms with Gasteiger partial charge in [-0.15, -0.1) is 12.4 Å². The molecule has 2 N–H and O–H groups in total. The predicted octanol–water partition coefficient (Wildman–Crippen LogP) is 0.784. The Hall–Kier alpha value is -0.320. The number of nitrogens with zero attached hydrogens (tertiary/aromatic N) is 1. The van der Waals surface area contributed by atoms with E-state index in [4.69, 9.17) is 10.5 Å². The first-order chi connectivity index (χ1) is 7.29. The standard InChI is InChI=1S/C11H20N2O2.ClH/c12-7-10-8-13(4-5-15-10)11(14)6-9-2-1-3-9;/h9-10H,1-8,12H2;1H. The first kappa shape index (κ1) is 13.7. The van der Waals surface area contributed by atoms with Crippen molar-refractivity contribution in [1.82, 2.24) is 4.90 Å². The van der Waals surface area contributed by atoms with Crippen molar-refractivity contribution in [2.75, 3.05) is 26.2 Å². The summed E-state index contributed by atoms with van der Waals surface area (Å²) in [6.07, 6.45) is 4.54. The minimum Gasteiger partial charge on any atom is -0.373 e. The highest BCUT2D eigenvalue weighted by Gasteiger charge is 2.27. The maximum Gasteiger partial charge on any atom is 0.223 e. The van der Waals surface area contributed by atoms with Crippen LogP contribution in [0.4, 0.5) is 0 Å². The minimum absolute atomic E-state index is 0. The lowest BCUT2D eigenvalue weighted by atomic mass is 9.82. The fourth-order valence-corrected chi connectivity index (χ4v) is 2.16. The fourth-order valence-electron chi connectivity index (χ4n) is 2.16. The van der Waals surface area contributed by atoms with Crippen LogP contribution in [-0.4, -0.2) is 43.2 Å². The molecule has 1 aliphatic carbocycles. The summed E-state index contributed by atoms with van der Waals surface area (Å²) < 4.78 is 5.43. The molecule has 1 atom stereocenters. The quantitative estimate of drug-likeness (QED) is 0.803. The molecule has 1 unspecified atom stereocenters. The van der Waals surface area contributed by atoms with Gasteiger partial charge in [-0.2, -0.15) is 0 Å². The molecule has 2 fully saturated rings. The lowest BCUT2D eigenvalue weighted by Gasteiger charge is -2.34. The molecule has 2 rings (SSSR count). The van der Waals surface area contributed by atoms with Gasteiger partial charge in [-0.05, 0) is 18.8 Å². The summed E-state index contributed by atoms with van der Waals surface area (Å²) in [5, 5.41) is 0. The second kappa shape index (κ2) is 6.42. The van der Waals surface area contributed by atoms with E-state index in [2.05, 4.69) is 0 Å². The Morgan fingerprint density at radius 2 is 2.19 bits per heavy atom. The number of hydrogen-bond acceptors (Lipinski definition) is 3. The maximum absolute atomic E-state index is 11.9. The number of nitrogens with two attached hydrogens (primary N) is 1. The van der Waals surface area contributed by atoms with Crippen molar-refractivity contribution in [3.63, 3.8) is 0 Å². The molecule has 0 aromatic heterocycles. The van der Waals surface area contributed by atoms with E-state index in [9.17, 15) is 4.79 Å². The number of carbonyl (C=O) groups is 1. The van der Waals surface area contributed by atoms with Gasteiger partial charge in [0.05, 0.1) is 12.7 Å². The average Bonchev–Trinajstić information content (AvgIpc) is 2.23. The monoisotopic (exact) mass is 248 g/mol. The van der Waals surface area contributed by atoms with E-state index in [-0.39, 0.29) is 18.5 Å². The van der Waals surface area contributed by atoms with Gasteiger partial charge in [-0.25, -0.2) is 0 Å². The molecule has 0 aromatic rings. The van der Waals surface area contributed by atoms with Crippen molar-refractivity contribution < 1.29 is 9.53 Å². The number of morpholine rings is 1. The van der Waals surface area contributed by atoms with Crippen LogP contribution in [0.2, 0.25) is 0 Å². The van der Waals surface area contributed by atoms with Crippen LogP contribution >= 0.6 is 12.4 Å². The summed E-state index contributed by atoms with van der Waals surface area (Å²) in [4.78, 5) is 13.8. The van der Waals surface area contributed by atoms with E-state index < -0.39 is 0 Å². The van der Waals surface area contributed by atoms with Gasteiger partial charge in [0.1, 0.15) is 0 Å². The van der Waals surface area contributed by atoms with E-state index in [1.54, 1.807) is 0 Å². The van der Waals surface area contributed by atoms with Gasteiger partial charge < -0.3 is 15.4 Å². The van der Waals surface area contributed by atoms with Crippen molar-refractivity contribution >= 4 is 18.3 Å². The Bertz CT molecular complexity index is 234. The summed E-state index contributed by atoms with van der Waals surface area (Å²) in [7, 11) is 0. The van der Waals surface area contributed by atoms with Gasteiger partial charge in [0.2, 0.25) is 5.91 Å². The molecule has 0 aromatic carbocycles. The average molecular weight is 249 g/mol. The van der Waals surface area contributed by atoms with E-state index in [1.165, 1.54) is 19.3 Å². The molecule has 1 heterocycles. The van der Waals surface area contributed by atoms with Gasteiger partial charge in [-0.1, -0.05) is 6.42 Å². The highest BCUT2D eigenvalue weighted by molar-refractivity contribution is 5.85. The van der Waals surface area contributed by atoms with Crippen molar-refractivity contribution in [3.05, 3.63) is 0 Å². The third kappa shape index (κ3) is 3.34. The molecule has 1 saturated heterocycles. The zero-order valence-corrected chi connectivity index (χ0v) is 10.4. The van der Waals surface area contributed by atoms with Crippen LogP contribution in [0.1, 0.15) is 25.7 Å². The molecule has 1 amide bonds. The Labute approximate surface area is 103 Å². The Morgan fingerprint density at radius 1 is 1.44 bits per heavy atom. The fraction of sp³-hybridized carbons (Fsp3) is 0.909. The van der Waals surface area contributed by atoms with Gasteiger partial charge in [0.15, 0.2) is 0 Å². The van der Waals surface area contributed by atoms with Crippen LogP contribution < -0.4 is 5.73 Å². The highest BCUT2D eigenvalue weighted by Crippen LogP contribution is 2.30. The zero-order chi connectivity index (χ0) is 10.7. The van der Waals surface area contributed by atoms with Crippen LogP contribution in [0.25, 0.3) is 0 Å². The molecule has 16 heavy (non-hydrogen) atoms. The normalized spacial score (nSPS) is 25.8. The SMILES string of the molecule is Cl.NCC1CN(C(=O)CC2CCC2)CCO1. The van der Waals surface area contributed by atoms with E-state index in [1.807, 2.05) is 4.90 Å². The topological polar surface area (TPSA) is 55.6 Å². The van der Waals surface area contributed by atoms with Crippen molar-refractivity contribution in [1.29, 1.82) is 0 Å². The Balaban J connectivity index is 0.00000128. The summed E-state index contributed by atoms with van der Waals surface area (Å²) in [5.74, 6) is 0.943. The number of carbonyl (C=O) groups excluding carboxylic acids is 1. The molecule has 1 aliphatic heterocycles. The van der Waals surface area contributed by atoms with E-state index in [0.29, 0.717) is 31.5 Å². The third-order valence-corrected chi connectivity index (χ3v) is 3.44. The van der Waals surface area contributed by atoms with E-state index >= 15 is 0 Å². The molecule has 0 bridgehead atoms. The first-order valence-electron chi connectivity index (χ1n) is 5.89. The largest absolute Gasteiger partial charge is 0.373 e. The maximum atomic E-state index is 11.9. The Kier molecular flexibility index (Phi) is 5.52. The summed E-state index contributed by atoms with van der Waals surface area (Å²) in [6, 6.07) is 0. The van der Waals surface area contributed by atoms with Crippen LogP contribution in [0, 0.1) is 5.92 Å². The van der Waals surface area contributed by atoms with Crippen LogP contribution in [0.15, 0.2) is 0 Å². The molecule has 2 aliphatic rings. The van der Waals surface area contributed by atoms with Crippen LogP contribution in [-0.2, 0) is 9.53 Å². The lowest BCUT2D eigenvalue weighted by Crippen LogP contribution is -2.48. The Morgan fingerprint density at radius 3 is 2.75 bits per heavy atom. The predicted molar refractivity (Wildman–Crippen MR) is 64.6 cm³/mol. The number of hydrogen-bond donors (Lipinski definition) is 1. The van der Waals surface area contributed by atoms with Crippen molar-refractivity contribution in [2.45, 2.75) is 31.8 Å². The molecule has 1 saturated carbocycles. The van der Waals surface area contributed by atoms with Crippen molar-refractivity contribution in [3.8, 4) is 0 Å². The minimum atomic E-state index is 0. The number of halogens is 1. The zero-order valence-electron chi connectivity index (χ0n) is 9.56. The molecular weight excluding hydrogens is 228 g/mol. The summed E-state index contributed by atoms with van der Waals surface area (Å²) >= 11 is 0. The second-order valence-electron chi connectivity index (χ2n) is 4.57. The molecule has 94 valence electrons. The molecule has 0 radical (unpaired) electrons. The first-order valence-corrected chi connectivity index (χ1v) is 5.89. The van der Waals surface area contributed by atoms with Crippen LogP contribution in [0.3, 0.4) is 0 Å². The lowest BCUT2D eigenvalue weighted by molar-refractivity contribution is -0.140. The number of amides is 1. The van der Waals surface area contributed by atoms with Crippen LogP contribution in [0.5, 0.6) is 0 Å². The van der Waals surface area contributed by atoms with Gasteiger partial charge in [-0.3, -0.25) is 4.79 Å². The highest BCUT2D eigenvalue weighted by atomic mass is 35.5. The van der Waals surface area contributed by atoms with Gasteiger partial charge >= 0.3 is 0 Å². The summed E-state index contributed by atoms with van der Waals surface area (Å²) in [5.41, 5.74) is 5.54. The van der Waals surface area contributed by atoms with Gasteiger partial charge in [0.25, 0.3) is 0 Å². The number of rotatable bonds is 3. The smallest absolute Gasteiger partial charge is 0.223 e. The number of ether oxygens (including phenoxy) is 1.